The van der Waals surface area contributed by atoms with E-state index in [1.807, 2.05) is 41.9 Å². The summed E-state index contributed by atoms with van der Waals surface area (Å²) < 4.78 is 38.7. The molecule has 28 heavy (non-hydrogen) atoms. The number of aromatic nitrogens is 2. The van der Waals surface area contributed by atoms with Gasteiger partial charge in [0.2, 0.25) is 0 Å². The van der Waals surface area contributed by atoms with Gasteiger partial charge in [0.25, 0.3) is 12.4 Å². The van der Waals surface area contributed by atoms with E-state index in [2.05, 4.69) is 0 Å². The van der Waals surface area contributed by atoms with Crippen LogP contribution in [0.2, 0.25) is 0 Å². The Morgan fingerprint density at radius 3 is 2.57 bits per heavy atom. The second kappa shape index (κ2) is 8.17. The third kappa shape index (κ3) is 3.96. The highest BCUT2D eigenvalue weighted by atomic mass is 19.3. The molecule has 148 valence electrons. The Kier molecular flexibility index (Phi) is 5.46. The number of aryl methyl sites for hydroxylation is 1. The Morgan fingerprint density at radius 1 is 1.11 bits per heavy atom. The molecule has 0 aliphatic heterocycles. The number of hydrogen-bond donors (Lipinski definition) is 0. The number of ether oxygens (including phenoxy) is 2. The molecule has 1 aliphatic rings. The van der Waals surface area contributed by atoms with Crippen molar-refractivity contribution in [2.45, 2.75) is 44.6 Å². The number of halogens is 2. The Hall–Kier alpha value is -2.63. The van der Waals surface area contributed by atoms with Gasteiger partial charge in [0.1, 0.15) is 24.0 Å². The van der Waals surface area contributed by atoms with E-state index in [0.29, 0.717) is 11.8 Å². The second-order valence-electron chi connectivity index (χ2n) is 7.24. The van der Waals surface area contributed by atoms with Gasteiger partial charge in [0.15, 0.2) is 0 Å². The standard InChI is InChI=1S/C22H24F2N2O2/c1-26-19-13-17(27-14-20(23)24)12-18(15-8-4-2-5-9-15)21(19)25-22(26)28-16-10-6-3-7-11-16/h2,4-5,8-9,12-13,16,20H,3,6-7,10-11,14H2,1H3. The van der Waals surface area contributed by atoms with Crippen molar-refractivity contribution in [3.63, 3.8) is 0 Å². The molecule has 1 heterocycles. The SMILES string of the molecule is Cn1c(OC2CCCCC2)nc2c(-c3ccccc3)cc(OCC(F)F)cc21. The summed E-state index contributed by atoms with van der Waals surface area (Å²) in [6, 6.07) is 13.9. The molecule has 0 N–H and O–H groups in total. The Morgan fingerprint density at radius 2 is 1.86 bits per heavy atom. The van der Waals surface area contributed by atoms with Crippen LogP contribution < -0.4 is 9.47 Å². The number of hydrogen-bond acceptors (Lipinski definition) is 3. The van der Waals surface area contributed by atoms with Crippen molar-refractivity contribution in [2.24, 2.45) is 7.05 Å². The molecule has 0 spiro atoms. The lowest BCUT2D eigenvalue weighted by Crippen LogP contribution is -2.21. The first-order valence-electron chi connectivity index (χ1n) is 9.75. The van der Waals surface area contributed by atoms with Gasteiger partial charge in [-0.1, -0.05) is 36.8 Å². The lowest BCUT2D eigenvalue weighted by Gasteiger charge is -2.22. The van der Waals surface area contributed by atoms with E-state index in [4.69, 9.17) is 14.5 Å². The van der Waals surface area contributed by atoms with Gasteiger partial charge in [-0.3, -0.25) is 4.57 Å². The highest BCUT2D eigenvalue weighted by molar-refractivity contribution is 5.94. The lowest BCUT2D eigenvalue weighted by molar-refractivity contribution is 0.0820. The molecule has 1 fully saturated rings. The smallest absolute Gasteiger partial charge is 0.297 e. The summed E-state index contributed by atoms with van der Waals surface area (Å²) in [5.74, 6) is 0.402. The number of nitrogens with zero attached hydrogens (tertiary/aromatic N) is 2. The molecular formula is C22H24F2N2O2. The number of rotatable bonds is 6. The van der Waals surface area contributed by atoms with Gasteiger partial charge in [0, 0.05) is 18.7 Å². The minimum atomic E-state index is -2.52. The van der Waals surface area contributed by atoms with Gasteiger partial charge >= 0.3 is 0 Å². The monoisotopic (exact) mass is 386 g/mol. The van der Waals surface area contributed by atoms with E-state index in [0.717, 1.165) is 35.0 Å². The molecule has 4 nitrogen and oxygen atoms in total. The van der Waals surface area contributed by atoms with Crippen molar-refractivity contribution in [3.8, 4) is 22.9 Å². The van der Waals surface area contributed by atoms with Crippen molar-refractivity contribution in [3.05, 3.63) is 42.5 Å². The first-order chi connectivity index (χ1) is 13.6. The predicted octanol–water partition coefficient (Wildman–Crippen LogP) is 5.60. The van der Waals surface area contributed by atoms with Gasteiger partial charge in [-0.05, 0) is 37.3 Å². The van der Waals surface area contributed by atoms with Gasteiger partial charge in [0.05, 0.1) is 5.52 Å². The number of alkyl halides is 2. The second-order valence-corrected chi connectivity index (χ2v) is 7.24. The molecule has 3 aromatic rings. The van der Waals surface area contributed by atoms with Crippen LogP contribution in [0.3, 0.4) is 0 Å². The number of benzene rings is 2. The Bertz CT molecular complexity index is 935. The minimum Gasteiger partial charge on any atom is -0.488 e. The van der Waals surface area contributed by atoms with Crippen LogP contribution in [0.4, 0.5) is 8.78 Å². The summed E-state index contributed by atoms with van der Waals surface area (Å²) in [6.07, 6.45) is 3.34. The van der Waals surface area contributed by atoms with Crippen molar-refractivity contribution in [1.29, 1.82) is 0 Å². The van der Waals surface area contributed by atoms with Crippen LogP contribution in [-0.2, 0) is 7.05 Å². The lowest BCUT2D eigenvalue weighted by atomic mass is 9.98. The molecule has 0 amide bonds. The quantitative estimate of drug-likeness (QED) is 0.554. The summed E-state index contributed by atoms with van der Waals surface area (Å²) in [5, 5.41) is 0. The molecule has 1 aromatic heterocycles. The van der Waals surface area contributed by atoms with Crippen LogP contribution >= 0.6 is 0 Å². The van der Waals surface area contributed by atoms with E-state index >= 15 is 0 Å². The van der Waals surface area contributed by atoms with Crippen molar-refractivity contribution in [1.82, 2.24) is 9.55 Å². The van der Waals surface area contributed by atoms with Crippen LogP contribution in [0.1, 0.15) is 32.1 Å². The van der Waals surface area contributed by atoms with E-state index < -0.39 is 13.0 Å². The van der Waals surface area contributed by atoms with Crippen molar-refractivity contribution in [2.75, 3.05) is 6.61 Å². The third-order valence-electron chi connectivity index (χ3n) is 5.20. The van der Waals surface area contributed by atoms with Crippen LogP contribution in [0.25, 0.3) is 22.2 Å². The van der Waals surface area contributed by atoms with E-state index in [-0.39, 0.29) is 6.10 Å². The molecule has 0 unspecified atom stereocenters. The molecule has 2 aromatic carbocycles. The van der Waals surface area contributed by atoms with Gasteiger partial charge in [-0.25, -0.2) is 8.78 Å². The largest absolute Gasteiger partial charge is 0.488 e. The zero-order valence-electron chi connectivity index (χ0n) is 15.9. The van der Waals surface area contributed by atoms with Gasteiger partial charge < -0.3 is 9.47 Å². The van der Waals surface area contributed by atoms with Crippen LogP contribution in [0.5, 0.6) is 11.8 Å². The minimum absolute atomic E-state index is 0.180. The Balaban J connectivity index is 1.76. The molecular weight excluding hydrogens is 362 g/mol. The maximum Gasteiger partial charge on any atom is 0.297 e. The first kappa shape index (κ1) is 18.7. The summed E-state index contributed by atoms with van der Waals surface area (Å²) in [4.78, 5) is 4.76. The predicted molar refractivity (Wildman–Crippen MR) is 105 cm³/mol. The fourth-order valence-corrected chi connectivity index (χ4v) is 3.76. The van der Waals surface area contributed by atoms with Gasteiger partial charge in [-0.2, -0.15) is 4.98 Å². The average Bonchev–Trinajstić information content (AvgIpc) is 3.03. The molecule has 4 rings (SSSR count). The normalized spacial score (nSPS) is 15.3. The van der Waals surface area contributed by atoms with Gasteiger partial charge in [-0.15, -0.1) is 0 Å². The fraction of sp³-hybridized carbons (Fsp3) is 0.409. The number of fused-ring (bicyclic) bond motifs is 1. The summed E-state index contributed by atoms with van der Waals surface area (Å²) in [5.41, 5.74) is 3.38. The Labute approximate surface area is 163 Å². The summed E-state index contributed by atoms with van der Waals surface area (Å²) in [7, 11) is 1.89. The van der Waals surface area contributed by atoms with E-state index in [9.17, 15) is 8.78 Å². The first-order valence-corrected chi connectivity index (χ1v) is 9.75. The zero-order chi connectivity index (χ0) is 19.5. The number of imidazole rings is 1. The van der Waals surface area contributed by atoms with Crippen molar-refractivity contribution >= 4 is 11.0 Å². The third-order valence-corrected chi connectivity index (χ3v) is 5.20. The van der Waals surface area contributed by atoms with E-state index in [1.165, 1.54) is 19.3 Å². The maximum atomic E-state index is 12.6. The molecule has 6 heteroatoms. The molecule has 0 bridgehead atoms. The van der Waals surface area contributed by atoms with Crippen molar-refractivity contribution < 1.29 is 18.3 Å². The van der Waals surface area contributed by atoms with Crippen LogP contribution in [-0.4, -0.2) is 28.7 Å². The zero-order valence-corrected chi connectivity index (χ0v) is 15.9. The van der Waals surface area contributed by atoms with E-state index in [1.54, 1.807) is 12.1 Å². The average molecular weight is 386 g/mol. The fourth-order valence-electron chi connectivity index (χ4n) is 3.76. The highest BCUT2D eigenvalue weighted by Gasteiger charge is 2.21. The summed E-state index contributed by atoms with van der Waals surface area (Å²) in [6.45, 7) is -0.636. The maximum absolute atomic E-state index is 12.6. The molecule has 1 saturated carbocycles. The van der Waals surface area contributed by atoms with Crippen LogP contribution in [0.15, 0.2) is 42.5 Å². The molecule has 0 atom stereocenters. The van der Waals surface area contributed by atoms with Crippen LogP contribution in [0, 0.1) is 0 Å². The topological polar surface area (TPSA) is 36.3 Å². The molecule has 0 saturated heterocycles. The molecule has 1 aliphatic carbocycles. The molecule has 0 radical (unpaired) electrons. The highest BCUT2D eigenvalue weighted by Crippen LogP contribution is 2.35. The summed E-state index contributed by atoms with van der Waals surface area (Å²) >= 11 is 0.